The quantitative estimate of drug-likeness (QED) is 0.273. The van der Waals surface area contributed by atoms with Crippen LogP contribution in [0.25, 0.3) is 0 Å². The molecule has 0 aromatic rings. The molecule has 1 aliphatic heterocycles. The molecule has 0 atom stereocenters. The van der Waals surface area contributed by atoms with Gasteiger partial charge in [-0.3, -0.25) is 38.8 Å². The zero-order valence-electron chi connectivity index (χ0n) is 19.2. The lowest BCUT2D eigenvalue weighted by atomic mass is 10.2. The Morgan fingerprint density at radius 2 is 0.600 bits per heavy atom. The van der Waals surface area contributed by atoms with Crippen LogP contribution in [0, 0.1) is 0 Å². The Morgan fingerprint density at radius 3 is 0.743 bits per heavy atom. The topological polar surface area (TPSA) is 194 Å². The van der Waals surface area contributed by atoms with E-state index in [1.54, 1.807) is 19.6 Å². The average Bonchev–Trinajstić information content (AvgIpc) is 2.60. The van der Waals surface area contributed by atoms with Gasteiger partial charge >= 0.3 is 23.9 Å². The normalized spacial score (nSPS) is 16.9. The smallest absolute Gasteiger partial charge is 0.317 e. The van der Waals surface area contributed by atoms with Crippen molar-refractivity contribution in [2.24, 2.45) is 0 Å². The fourth-order valence-electron chi connectivity index (χ4n) is 3.45. The Kier molecular flexibility index (Phi) is 30.8. The van der Waals surface area contributed by atoms with Gasteiger partial charge in [0.1, 0.15) is 0 Å². The first-order chi connectivity index (χ1) is 14.2. The zero-order chi connectivity index (χ0) is 22.5. The van der Waals surface area contributed by atoms with Crippen molar-refractivity contribution in [1.82, 2.24) is 19.6 Å². The Morgan fingerprint density at radius 1 is 0.429 bits per heavy atom. The van der Waals surface area contributed by atoms with Gasteiger partial charge in [0.2, 0.25) is 0 Å². The fourth-order valence-corrected chi connectivity index (χ4v) is 3.45. The number of rotatable bonds is 8. The van der Waals surface area contributed by atoms with Gasteiger partial charge < -0.3 is 25.9 Å². The molecule has 0 spiro atoms. The summed E-state index contributed by atoms with van der Waals surface area (Å²) >= 11 is 0. The molecule has 0 aromatic carbocycles. The van der Waals surface area contributed by atoms with Crippen LogP contribution in [0.2, 0.25) is 0 Å². The summed E-state index contributed by atoms with van der Waals surface area (Å²) in [6.07, 6.45) is 1.08. The number of halogens is 4. The Labute approximate surface area is 229 Å². The summed E-state index contributed by atoms with van der Waals surface area (Å²) in [5.41, 5.74) is 0. The molecule has 0 aliphatic carbocycles. The predicted molar refractivity (Wildman–Crippen MR) is 138 cm³/mol. The van der Waals surface area contributed by atoms with E-state index in [0.29, 0.717) is 65.2 Å². The lowest BCUT2D eigenvalue weighted by Crippen LogP contribution is -2.44. The molecular weight excluding hydrogens is 558 g/mol. The van der Waals surface area contributed by atoms with Crippen molar-refractivity contribution < 1.29 is 45.1 Å². The van der Waals surface area contributed by atoms with Crippen LogP contribution in [0.15, 0.2) is 0 Å². The molecule has 0 saturated carbocycles. The summed E-state index contributed by atoms with van der Waals surface area (Å²) in [6, 6.07) is 0. The van der Waals surface area contributed by atoms with Crippen molar-refractivity contribution in [3.63, 3.8) is 0 Å². The first-order valence-corrected chi connectivity index (χ1v) is 9.92. The van der Waals surface area contributed by atoms with E-state index < -0.39 is 23.9 Å². The van der Waals surface area contributed by atoms with Gasteiger partial charge in [-0.25, -0.2) is 0 Å². The van der Waals surface area contributed by atoms with Crippen LogP contribution in [-0.2, 0) is 19.2 Å². The van der Waals surface area contributed by atoms with Gasteiger partial charge in [-0.1, -0.05) is 0 Å². The minimum absolute atomic E-state index is 0. The van der Waals surface area contributed by atoms with E-state index in [2.05, 4.69) is 0 Å². The minimum atomic E-state index is -0.979. The van der Waals surface area contributed by atoms with Crippen molar-refractivity contribution in [2.75, 3.05) is 78.5 Å². The van der Waals surface area contributed by atoms with Crippen LogP contribution in [0.1, 0.15) is 12.8 Å². The minimum Gasteiger partial charge on any atom is -0.480 e. The van der Waals surface area contributed by atoms with Crippen molar-refractivity contribution >= 4 is 73.5 Å². The standard InChI is InChI=1S/C18H32N4O8.4ClH.H2O/c23-15(24)11-19-3-1-4-20(12-16(25)26)8-10-22(14-18(29)30)6-2-5-21(9-7-19)13-17(27)28;;;;;/h1-14H2,(H,23,24)(H,25,26)(H,27,28)(H,29,30);4*1H;1H2. The number of carboxylic acids is 4. The van der Waals surface area contributed by atoms with E-state index in [1.807, 2.05) is 0 Å². The highest BCUT2D eigenvalue weighted by Gasteiger charge is 2.18. The van der Waals surface area contributed by atoms with Gasteiger partial charge in [-0.2, -0.15) is 0 Å². The summed E-state index contributed by atoms with van der Waals surface area (Å²) in [5, 5.41) is 36.5. The maximum atomic E-state index is 11.1. The molecule has 35 heavy (non-hydrogen) atoms. The highest BCUT2D eigenvalue weighted by Crippen LogP contribution is 2.03. The number of carbonyl (C=O) groups is 4. The van der Waals surface area contributed by atoms with Crippen molar-refractivity contribution in [3.8, 4) is 0 Å². The van der Waals surface area contributed by atoms with E-state index in [9.17, 15) is 19.2 Å². The maximum absolute atomic E-state index is 11.1. The third kappa shape index (κ3) is 23.0. The molecule has 1 fully saturated rings. The average molecular weight is 596 g/mol. The van der Waals surface area contributed by atoms with E-state index >= 15 is 0 Å². The van der Waals surface area contributed by atoms with E-state index in [1.165, 1.54) is 0 Å². The van der Waals surface area contributed by atoms with Gasteiger partial charge in [-0.15, -0.1) is 49.6 Å². The third-order valence-electron chi connectivity index (χ3n) is 4.80. The summed E-state index contributed by atoms with van der Waals surface area (Å²) < 4.78 is 0. The van der Waals surface area contributed by atoms with Crippen molar-refractivity contribution in [1.29, 1.82) is 0 Å². The van der Waals surface area contributed by atoms with Gasteiger partial charge in [0.05, 0.1) is 26.2 Å². The molecule has 0 aromatic heterocycles. The highest BCUT2D eigenvalue weighted by molar-refractivity contribution is 5.86. The van der Waals surface area contributed by atoms with Crippen LogP contribution in [0.3, 0.4) is 0 Å². The SMILES string of the molecule is Cl.Cl.Cl.Cl.O.O=C(O)CN1CCCN(CC(=O)O)CCN(CC(=O)O)CCCN(CC(=O)O)CC1. The van der Waals surface area contributed by atoms with Crippen LogP contribution < -0.4 is 0 Å². The van der Waals surface area contributed by atoms with Crippen LogP contribution >= 0.6 is 49.6 Å². The molecule has 1 aliphatic rings. The lowest BCUT2D eigenvalue weighted by Gasteiger charge is -2.30. The molecule has 13 nitrogen and oxygen atoms in total. The second-order valence-electron chi connectivity index (χ2n) is 7.39. The predicted octanol–water partition coefficient (Wildman–Crippen LogP) is -0.811. The van der Waals surface area contributed by atoms with Gasteiger partial charge in [-0.05, 0) is 12.8 Å². The number of hydrogen-bond donors (Lipinski definition) is 4. The maximum Gasteiger partial charge on any atom is 0.317 e. The van der Waals surface area contributed by atoms with Gasteiger partial charge in [0.25, 0.3) is 0 Å². The number of hydrogen-bond acceptors (Lipinski definition) is 8. The van der Waals surface area contributed by atoms with E-state index in [0.717, 1.165) is 0 Å². The molecule has 0 bridgehead atoms. The molecule has 0 unspecified atom stereocenters. The zero-order valence-corrected chi connectivity index (χ0v) is 22.5. The Balaban J connectivity index is -0.000000600. The largest absolute Gasteiger partial charge is 0.480 e. The molecule has 1 saturated heterocycles. The molecule has 1 heterocycles. The second-order valence-corrected chi connectivity index (χ2v) is 7.39. The second kappa shape index (κ2) is 24.5. The Hall–Kier alpha value is -1.16. The summed E-state index contributed by atoms with van der Waals surface area (Å²) in [5.74, 6) is -3.92. The summed E-state index contributed by atoms with van der Waals surface area (Å²) in [6.45, 7) is 2.52. The van der Waals surface area contributed by atoms with E-state index in [-0.39, 0.29) is 81.3 Å². The monoisotopic (exact) mass is 594 g/mol. The van der Waals surface area contributed by atoms with Crippen LogP contribution in [-0.4, -0.2) is 148 Å². The number of nitrogens with zero attached hydrogens (tertiary/aromatic N) is 4. The summed E-state index contributed by atoms with van der Waals surface area (Å²) in [7, 11) is 0. The van der Waals surface area contributed by atoms with Crippen LogP contribution in [0.5, 0.6) is 0 Å². The molecule has 0 amide bonds. The summed E-state index contributed by atoms with van der Waals surface area (Å²) in [4.78, 5) is 51.5. The number of carboxylic acid groups (broad SMARTS) is 4. The first-order valence-electron chi connectivity index (χ1n) is 9.92. The molecule has 17 heteroatoms. The lowest BCUT2D eigenvalue weighted by molar-refractivity contribution is -0.140. The molecule has 212 valence electrons. The highest BCUT2D eigenvalue weighted by atomic mass is 35.5. The number of aliphatic carboxylic acids is 4. The van der Waals surface area contributed by atoms with Crippen LogP contribution in [0.4, 0.5) is 0 Å². The van der Waals surface area contributed by atoms with E-state index in [4.69, 9.17) is 20.4 Å². The van der Waals surface area contributed by atoms with Crippen molar-refractivity contribution in [2.45, 2.75) is 12.8 Å². The van der Waals surface area contributed by atoms with Crippen molar-refractivity contribution in [3.05, 3.63) is 0 Å². The van der Waals surface area contributed by atoms with Gasteiger partial charge in [0, 0.05) is 52.4 Å². The fraction of sp³-hybridized carbons (Fsp3) is 0.778. The first kappa shape index (κ1) is 43.9. The molecule has 0 radical (unpaired) electrons. The molecular formula is C18H38Cl4N4O9. The molecule has 6 N–H and O–H groups in total. The third-order valence-corrected chi connectivity index (χ3v) is 4.80. The Bertz CT molecular complexity index is 510. The molecule has 1 rings (SSSR count). The van der Waals surface area contributed by atoms with Gasteiger partial charge in [0.15, 0.2) is 0 Å².